The van der Waals surface area contributed by atoms with Crippen molar-refractivity contribution < 1.29 is 0 Å². The second-order valence-electron chi connectivity index (χ2n) is 5.80. The molecule has 0 aliphatic rings. The summed E-state index contributed by atoms with van der Waals surface area (Å²) in [6, 6.07) is 16.6. The summed E-state index contributed by atoms with van der Waals surface area (Å²) >= 11 is 7.22. The minimum absolute atomic E-state index is 0.959. The fourth-order valence-electron chi connectivity index (χ4n) is 2.72. The van der Waals surface area contributed by atoms with Gasteiger partial charge >= 0.3 is 0 Å². The second kappa shape index (κ2) is 7.08. The van der Waals surface area contributed by atoms with Crippen LogP contribution in [0.2, 0.25) is 0 Å². The van der Waals surface area contributed by atoms with Crippen LogP contribution in [0.25, 0.3) is 5.69 Å². The molecule has 122 valence electrons. The third-order valence-corrected chi connectivity index (χ3v) is 5.61. The van der Waals surface area contributed by atoms with Gasteiger partial charge in [-0.05, 0) is 73.1 Å². The Morgan fingerprint density at radius 2 is 1.46 bits per heavy atom. The minimum atomic E-state index is 0.959. The van der Waals surface area contributed by atoms with Crippen molar-refractivity contribution in [2.24, 2.45) is 4.99 Å². The van der Waals surface area contributed by atoms with Gasteiger partial charge in [-0.1, -0.05) is 33.6 Å². The van der Waals surface area contributed by atoms with E-state index < -0.39 is 0 Å². The Kier molecular flexibility index (Phi) is 5.07. The third kappa shape index (κ3) is 3.40. The lowest BCUT2D eigenvalue weighted by atomic mass is 10.2. The molecule has 2 aromatic carbocycles. The van der Waals surface area contributed by atoms with E-state index in [1.807, 2.05) is 18.3 Å². The summed E-state index contributed by atoms with van der Waals surface area (Å²) in [7, 11) is 0. The molecule has 0 saturated heterocycles. The van der Waals surface area contributed by atoms with Crippen LogP contribution in [-0.2, 0) is 0 Å². The predicted molar refractivity (Wildman–Crippen MR) is 109 cm³/mol. The molecule has 0 radical (unpaired) electrons. The number of hydrogen-bond donors (Lipinski definition) is 0. The monoisotopic (exact) mass is 444 g/mol. The van der Waals surface area contributed by atoms with Gasteiger partial charge in [0.2, 0.25) is 0 Å². The van der Waals surface area contributed by atoms with Crippen molar-refractivity contribution in [3.8, 4) is 5.69 Å². The van der Waals surface area contributed by atoms with Crippen molar-refractivity contribution in [1.82, 2.24) is 4.57 Å². The highest BCUT2D eigenvalue weighted by molar-refractivity contribution is 9.10. The summed E-state index contributed by atoms with van der Waals surface area (Å²) in [5.74, 6) is 0. The van der Waals surface area contributed by atoms with Crippen LogP contribution in [0.3, 0.4) is 0 Å². The quantitative estimate of drug-likeness (QED) is 0.400. The first-order valence-electron chi connectivity index (χ1n) is 7.71. The van der Waals surface area contributed by atoms with E-state index in [0.29, 0.717) is 0 Å². The van der Waals surface area contributed by atoms with Gasteiger partial charge in [0.1, 0.15) is 0 Å². The number of aromatic nitrogens is 1. The minimum Gasteiger partial charge on any atom is -0.317 e. The van der Waals surface area contributed by atoms with Gasteiger partial charge in [-0.25, -0.2) is 0 Å². The van der Waals surface area contributed by atoms with Crippen molar-refractivity contribution >= 4 is 43.8 Å². The number of aliphatic imine (C=N–C) groups is 1. The normalized spacial score (nSPS) is 11.4. The standard InChI is InChI=1S/C20H18Br2N2/c1-13-4-8-17(9-5-13)23-12-19-14(2)24(15(3)20(19)22)18-10-6-16(21)7-11-18/h4-12H,1-3H3. The highest BCUT2D eigenvalue weighted by Gasteiger charge is 2.15. The second-order valence-corrected chi connectivity index (χ2v) is 7.51. The van der Waals surface area contributed by atoms with Crippen molar-refractivity contribution in [1.29, 1.82) is 0 Å². The first-order chi connectivity index (χ1) is 11.5. The highest BCUT2D eigenvalue weighted by atomic mass is 79.9. The SMILES string of the molecule is Cc1ccc(N=Cc2c(Br)c(C)n(-c3ccc(Br)cc3)c2C)cc1. The molecular formula is C20H18Br2N2. The smallest absolute Gasteiger partial charge is 0.0630 e. The van der Waals surface area contributed by atoms with Crippen LogP contribution in [0.1, 0.15) is 22.5 Å². The van der Waals surface area contributed by atoms with Crippen LogP contribution in [0, 0.1) is 20.8 Å². The van der Waals surface area contributed by atoms with Gasteiger partial charge in [-0.3, -0.25) is 4.99 Å². The summed E-state index contributed by atoms with van der Waals surface area (Å²) < 4.78 is 4.40. The fraction of sp³-hybridized carbons (Fsp3) is 0.150. The van der Waals surface area contributed by atoms with E-state index in [4.69, 9.17) is 0 Å². The number of halogens is 2. The Bertz CT molecular complexity index is 889. The molecule has 3 rings (SSSR count). The van der Waals surface area contributed by atoms with Crippen molar-refractivity contribution in [3.05, 3.63) is 80.0 Å². The van der Waals surface area contributed by atoms with Gasteiger partial charge in [0, 0.05) is 37.8 Å². The maximum absolute atomic E-state index is 4.63. The van der Waals surface area contributed by atoms with Gasteiger partial charge < -0.3 is 4.57 Å². The number of hydrogen-bond acceptors (Lipinski definition) is 1. The molecular weight excluding hydrogens is 428 g/mol. The molecule has 0 amide bonds. The molecule has 2 nitrogen and oxygen atoms in total. The van der Waals surface area contributed by atoms with Crippen molar-refractivity contribution in [2.45, 2.75) is 20.8 Å². The summed E-state index contributed by atoms with van der Waals surface area (Å²) in [6.45, 7) is 6.31. The summed E-state index contributed by atoms with van der Waals surface area (Å²) in [6.07, 6.45) is 1.94. The van der Waals surface area contributed by atoms with Gasteiger partial charge in [0.25, 0.3) is 0 Å². The summed E-state index contributed by atoms with van der Waals surface area (Å²) in [5, 5.41) is 0. The lowest BCUT2D eigenvalue weighted by Crippen LogP contribution is -1.99. The van der Waals surface area contributed by atoms with E-state index in [-0.39, 0.29) is 0 Å². The summed E-state index contributed by atoms with van der Waals surface area (Å²) in [4.78, 5) is 4.63. The van der Waals surface area contributed by atoms with Gasteiger partial charge in [-0.15, -0.1) is 0 Å². The van der Waals surface area contributed by atoms with Gasteiger partial charge in [0.05, 0.1) is 5.69 Å². The van der Waals surface area contributed by atoms with E-state index in [2.05, 4.69) is 98.6 Å². The van der Waals surface area contributed by atoms with E-state index in [9.17, 15) is 0 Å². The maximum Gasteiger partial charge on any atom is 0.0630 e. The number of nitrogens with zero attached hydrogens (tertiary/aromatic N) is 2. The molecule has 1 aromatic heterocycles. The van der Waals surface area contributed by atoms with Crippen LogP contribution in [-0.4, -0.2) is 10.8 Å². The average molecular weight is 446 g/mol. The molecule has 0 bridgehead atoms. The third-order valence-electron chi connectivity index (χ3n) is 4.08. The average Bonchev–Trinajstić information content (AvgIpc) is 2.78. The molecule has 24 heavy (non-hydrogen) atoms. The number of aryl methyl sites for hydroxylation is 1. The Balaban J connectivity index is 2.02. The maximum atomic E-state index is 4.63. The molecule has 0 saturated carbocycles. The topological polar surface area (TPSA) is 17.3 Å². The van der Waals surface area contributed by atoms with Gasteiger partial charge in [-0.2, -0.15) is 0 Å². The van der Waals surface area contributed by atoms with Crippen molar-refractivity contribution in [2.75, 3.05) is 0 Å². The first kappa shape index (κ1) is 17.2. The van der Waals surface area contributed by atoms with Gasteiger partial charge in [0.15, 0.2) is 0 Å². The van der Waals surface area contributed by atoms with E-state index in [0.717, 1.165) is 31.6 Å². The van der Waals surface area contributed by atoms with E-state index >= 15 is 0 Å². The molecule has 1 heterocycles. The molecule has 0 atom stereocenters. The zero-order chi connectivity index (χ0) is 17.3. The van der Waals surface area contributed by atoms with E-state index in [1.54, 1.807) is 0 Å². The zero-order valence-electron chi connectivity index (χ0n) is 13.8. The molecule has 0 aliphatic carbocycles. The molecule has 0 fully saturated rings. The Labute approximate surface area is 159 Å². The molecule has 0 unspecified atom stereocenters. The van der Waals surface area contributed by atoms with Crippen LogP contribution < -0.4 is 0 Å². The molecule has 0 aliphatic heterocycles. The van der Waals surface area contributed by atoms with Crippen LogP contribution in [0.5, 0.6) is 0 Å². The molecule has 0 N–H and O–H groups in total. The predicted octanol–water partition coefficient (Wildman–Crippen LogP) is 6.68. The number of benzene rings is 2. The summed E-state index contributed by atoms with van der Waals surface area (Å²) in [5.41, 5.74) is 6.78. The Morgan fingerprint density at radius 1 is 0.833 bits per heavy atom. The largest absolute Gasteiger partial charge is 0.317 e. The van der Waals surface area contributed by atoms with E-state index in [1.165, 1.54) is 11.3 Å². The zero-order valence-corrected chi connectivity index (χ0v) is 17.0. The Hall–Kier alpha value is -1.65. The van der Waals surface area contributed by atoms with Crippen LogP contribution in [0.15, 0.2) is 62.5 Å². The lowest BCUT2D eigenvalue weighted by Gasteiger charge is -2.09. The highest BCUT2D eigenvalue weighted by Crippen LogP contribution is 2.30. The molecule has 3 aromatic rings. The lowest BCUT2D eigenvalue weighted by molar-refractivity contribution is 0.962. The molecule has 4 heteroatoms. The van der Waals surface area contributed by atoms with Crippen LogP contribution >= 0.6 is 31.9 Å². The fourth-order valence-corrected chi connectivity index (χ4v) is 3.55. The first-order valence-corrected chi connectivity index (χ1v) is 9.30. The van der Waals surface area contributed by atoms with Crippen LogP contribution in [0.4, 0.5) is 5.69 Å². The number of rotatable bonds is 3. The van der Waals surface area contributed by atoms with Crippen molar-refractivity contribution in [3.63, 3.8) is 0 Å². The Morgan fingerprint density at radius 3 is 2.08 bits per heavy atom. The molecule has 0 spiro atoms.